The number of aromatic nitrogens is 2. The Bertz CT molecular complexity index is 935. The van der Waals surface area contributed by atoms with Crippen LogP contribution in [0.25, 0.3) is 10.2 Å². The van der Waals surface area contributed by atoms with E-state index in [1.54, 1.807) is 23.4 Å². The van der Waals surface area contributed by atoms with Gasteiger partial charge in [0.25, 0.3) is 0 Å². The normalized spacial score (nSPS) is 13.3. The second-order valence-corrected chi connectivity index (χ2v) is 7.34. The zero-order chi connectivity index (χ0) is 18.6. The van der Waals surface area contributed by atoms with E-state index in [2.05, 4.69) is 10.3 Å². The summed E-state index contributed by atoms with van der Waals surface area (Å²) < 4.78 is 6.89. The highest BCUT2D eigenvalue weighted by atomic mass is 35.5. The third kappa shape index (κ3) is 5.27. The van der Waals surface area contributed by atoms with E-state index in [9.17, 15) is 4.79 Å². The van der Waals surface area contributed by atoms with Gasteiger partial charge < -0.3 is 15.0 Å². The Kier molecular flexibility index (Phi) is 8.45. The third-order valence-corrected chi connectivity index (χ3v) is 5.50. The smallest absolute Gasteiger partial charge is 0.329 e. The second kappa shape index (κ2) is 10.6. The highest BCUT2D eigenvalue weighted by molar-refractivity contribution is 7.22. The first-order valence-corrected chi connectivity index (χ1v) is 9.70. The van der Waals surface area contributed by atoms with Gasteiger partial charge in [-0.15, -0.1) is 24.8 Å². The van der Waals surface area contributed by atoms with E-state index < -0.39 is 0 Å². The Labute approximate surface area is 185 Å². The molecule has 0 radical (unpaired) electrons. The number of aryl methyl sites for hydroxylation is 1. The number of halogens is 2. The number of carbonyl (C=O) groups is 1. The number of nitrogens with one attached hydrogen (secondary N) is 1. The van der Waals surface area contributed by atoms with Gasteiger partial charge in [0.15, 0.2) is 11.9 Å². The van der Waals surface area contributed by atoms with Gasteiger partial charge in [0, 0.05) is 32.4 Å². The van der Waals surface area contributed by atoms with E-state index in [0.29, 0.717) is 24.0 Å². The number of ether oxygens (including phenoxy) is 1. The molecule has 1 aromatic carbocycles. The van der Waals surface area contributed by atoms with Crippen molar-refractivity contribution in [1.82, 2.24) is 20.2 Å². The first-order chi connectivity index (χ1) is 13.2. The van der Waals surface area contributed by atoms with Gasteiger partial charge in [0.05, 0.1) is 16.4 Å². The van der Waals surface area contributed by atoms with Crippen molar-refractivity contribution < 1.29 is 9.53 Å². The lowest BCUT2D eigenvalue weighted by Gasteiger charge is -2.31. The second-order valence-electron chi connectivity index (χ2n) is 6.33. The van der Waals surface area contributed by atoms with Crippen molar-refractivity contribution in [2.75, 3.05) is 37.8 Å². The molecule has 2 aromatic heterocycles. The zero-order valence-corrected chi connectivity index (χ0v) is 18.4. The topological polar surface area (TPSA) is 70.6 Å². The molecule has 1 N–H and O–H groups in total. The van der Waals surface area contributed by atoms with Gasteiger partial charge >= 0.3 is 6.03 Å². The summed E-state index contributed by atoms with van der Waals surface area (Å²) in [5.41, 5.74) is 2.02. The zero-order valence-electron chi connectivity index (χ0n) is 15.9. The van der Waals surface area contributed by atoms with Gasteiger partial charge in [0.1, 0.15) is 5.75 Å². The monoisotopic (exact) mass is 455 g/mol. The van der Waals surface area contributed by atoms with Crippen LogP contribution in [0.5, 0.6) is 5.75 Å². The fourth-order valence-corrected chi connectivity index (χ4v) is 4.01. The fraction of sp³-hybridized carbons (Fsp3) is 0.316. The summed E-state index contributed by atoms with van der Waals surface area (Å²) in [6, 6.07) is 9.60. The van der Waals surface area contributed by atoms with Crippen molar-refractivity contribution in [3.8, 4) is 5.75 Å². The predicted molar refractivity (Wildman–Crippen MR) is 121 cm³/mol. The predicted octanol–water partition coefficient (Wildman–Crippen LogP) is 3.71. The number of amides is 2. The van der Waals surface area contributed by atoms with Crippen molar-refractivity contribution in [3.05, 3.63) is 48.3 Å². The standard InChI is InChI=1S/C19H21N5O2S.2ClH/c1-14-4-2-6-16-17(14)22-18(27-16)24(13-26-15-5-3-7-21-12-15)19(25)23-10-8-20-9-11-23;;/h2-7,12,20H,8-11,13H2,1H3;2*1H. The first-order valence-electron chi connectivity index (χ1n) is 8.88. The quantitative estimate of drug-likeness (QED) is 0.607. The van der Waals surface area contributed by atoms with Crippen LogP contribution in [0, 0.1) is 6.92 Å². The highest BCUT2D eigenvalue weighted by Gasteiger charge is 2.27. The number of rotatable bonds is 4. The first kappa shape index (κ1) is 23.2. The highest BCUT2D eigenvalue weighted by Crippen LogP contribution is 2.31. The van der Waals surface area contributed by atoms with E-state index in [4.69, 9.17) is 9.72 Å². The van der Waals surface area contributed by atoms with Crippen LogP contribution in [0.15, 0.2) is 42.7 Å². The van der Waals surface area contributed by atoms with Gasteiger partial charge in [-0.2, -0.15) is 0 Å². The lowest BCUT2D eigenvalue weighted by molar-refractivity contribution is 0.188. The van der Waals surface area contributed by atoms with Crippen LogP contribution in [-0.2, 0) is 0 Å². The fourth-order valence-electron chi connectivity index (χ4n) is 2.98. The summed E-state index contributed by atoms with van der Waals surface area (Å²) in [6.45, 7) is 5.05. The molecule has 3 heterocycles. The summed E-state index contributed by atoms with van der Waals surface area (Å²) >= 11 is 1.50. The van der Waals surface area contributed by atoms with E-state index in [1.165, 1.54) is 11.3 Å². The van der Waals surface area contributed by atoms with Crippen LogP contribution in [0.4, 0.5) is 9.93 Å². The van der Waals surface area contributed by atoms with Crippen molar-refractivity contribution in [3.63, 3.8) is 0 Å². The molecule has 0 bridgehead atoms. The molecule has 2 amide bonds. The van der Waals surface area contributed by atoms with Crippen LogP contribution < -0.4 is 15.0 Å². The van der Waals surface area contributed by atoms with Gasteiger partial charge in [-0.25, -0.2) is 14.7 Å². The molecule has 1 fully saturated rings. The maximum atomic E-state index is 13.2. The molecular weight excluding hydrogens is 433 g/mol. The number of nitrogens with zero attached hydrogens (tertiary/aromatic N) is 4. The number of carbonyl (C=O) groups excluding carboxylic acids is 1. The van der Waals surface area contributed by atoms with Crippen LogP contribution in [0.3, 0.4) is 0 Å². The van der Waals surface area contributed by atoms with Crippen molar-refractivity contribution >= 4 is 57.5 Å². The summed E-state index contributed by atoms with van der Waals surface area (Å²) in [5.74, 6) is 0.618. The van der Waals surface area contributed by atoms with E-state index in [0.717, 1.165) is 28.9 Å². The molecule has 0 atom stereocenters. The minimum Gasteiger partial charge on any atom is -0.471 e. The summed E-state index contributed by atoms with van der Waals surface area (Å²) in [4.78, 5) is 25.4. The molecule has 29 heavy (non-hydrogen) atoms. The van der Waals surface area contributed by atoms with E-state index >= 15 is 0 Å². The van der Waals surface area contributed by atoms with Gasteiger partial charge in [-0.1, -0.05) is 23.5 Å². The average molecular weight is 456 g/mol. The number of piperazine rings is 1. The van der Waals surface area contributed by atoms with Crippen molar-refractivity contribution in [1.29, 1.82) is 0 Å². The number of hydrogen-bond acceptors (Lipinski definition) is 6. The number of anilines is 1. The van der Waals surface area contributed by atoms with Crippen LogP contribution >= 0.6 is 36.2 Å². The molecule has 4 rings (SSSR count). The Morgan fingerprint density at radius 2 is 2.03 bits per heavy atom. The van der Waals surface area contributed by atoms with E-state index in [1.807, 2.05) is 36.1 Å². The summed E-state index contributed by atoms with van der Waals surface area (Å²) in [6.07, 6.45) is 3.32. The third-order valence-electron chi connectivity index (χ3n) is 4.45. The number of thiazole rings is 1. The van der Waals surface area contributed by atoms with Crippen LogP contribution in [-0.4, -0.2) is 53.8 Å². The van der Waals surface area contributed by atoms with Crippen LogP contribution in [0.2, 0.25) is 0 Å². The number of benzene rings is 1. The molecule has 156 valence electrons. The largest absolute Gasteiger partial charge is 0.471 e. The molecule has 1 saturated heterocycles. The van der Waals surface area contributed by atoms with Gasteiger partial charge in [-0.3, -0.25) is 4.98 Å². The molecule has 1 aliphatic rings. The molecule has 0 spiro atoms. The summed E-state index contributed by atoms with van der Waals surface area (Å²) in [7, 11) is 0. The molecule has 3 aromatic rings. The molecule has 10 heteroatoms. The maximum Gasteiger partial charge on any atom is 0.329 e. The molecule has 7 nitrogen and oxygen atoms in total. The van der Waals surface area contributed by atoms with E-state index in [-0.39, 0.29) is 37.6 Å². The number of pyridine rings is 1. The lowest BCUT2D eigenvalue weighted by Crippen LogP contribution is -2.52. The van der Waals surface area contributed by atoms with Crippen molar-refractivity contribution in [2.45, 2.75) is 6.92 Å². The average Bonchev–Trinajstić information content (AvgIpc) is 3.15. The molecule has 0 aliphatic carbocycles. The number of para-hydroxylation sites is 1. The lowest BCUT2D eigenvalue weighted by atomic mass is 10.2. The molecule has 0 saturated carbocycles. The maximum absolute atomic E-state index is 13.2. The number of fused-ring (bicyclic) bond motifs is 1. The number of urea groups is 1. The van der Waals surface area contributed by atoms with Crippen molar-refractivity contribution in [2.24, 2.45) is 0 Å². The summed E-state index contributed by atoms with van der Waals surface area (Å²) in [5, 5.41) is 3.92. The Balaban J connectivity index is 0.00000150. The van der Waals surface area contributed by atoms with Gasteiger partial charge in [-0.05, 0) is 30.7 Å². The number of hydrogen-bond donors (Lipinski definition) is 1. The Morgan fingerprint density at radius 3 is 2.72 bits per heavy atom. The molecule has 1 aliphatic heterocycles. The van der Waals surface area contributed by atoms with Gasteiger partial charge in [0.2, 0.25) is 0 Å². The van der Waals surface area contributed by atoms with Crippen LogP contribution in [0.1, 0.15) is 5.56 Å². The Morgan fingerprint density at radius 1 is 1.24 bits per heavy atom. The Hall–Kier alpha value is -2.13. The molecule has 0 unspecified atom stereocenters. The minimum atomic E-state index is -0.0860. The molecular formula is C19H23Cl2N5O2S. The SMILES string of the molecule is Cc1cccc2sc(N(COc3cccnc3)C(=O)N3CCNCC3)nc12.Cl.Cl. The minimum absolute atomic E-state index is 0.